The summed E-state index contributed by atoms with van der Waals surface area (Å²) in [5, 5.41) is 0. The Labute approximate surface area is 128 Å². The minimum absolute atomic E-state index is 0.648. The van der Waals surface area contributed by atoms with Crippen LogP contribution >= 0.6 is 0 Å². The molecule has 118 valence electrons. The normalized spacial score (nSPS) is 43.2. The van der Waals surface area contributed by atoms with E-state index >= 15 is 0 Å². The molecule has 20 heavy (non-hydrogen) atoms. The van der Waals surface area contributed by atoms with Gasteiger partial charge in [0.1, 0.15) is 0 Å². The molecule has 0 aromatic rings. The fourth-order valence-corrected chi connectivity index (χ4v) is 5.34. The first kappa shape index (κ1) is 16.4. The van der Waals surface area contributed by atoms with Crippen LogP contribution in [0.1, 0.15) is 86.5 Å². The molecule has 0 aromatic heterocycles. The maximum Gasteiger partial charge on any atom is -0.0294 e. The van der Waals surface area contributed by atoms with E-state index in [0.29, 0.717) is 5.41 Å². The van der Waals surface area contributed by atoms with Crippen molar-refractivity contribution in [2.75, 3.05) is 0 Å². The Bertz CT molecular complexity index is 293. The Morgan fingerprint density at radius 2 is 1.45 bits per heavy atom. The molecule has 0 radical (unpaired) electrons. The van der Waals surface area contributed by atoms with Crippen molar-refractivity contribution in [3.63, 3.8) is 0 Å². The van der Waals surface area contributed by atoms with Gasteiger partial charge in [0.2, 0.25) is 0 Å². The van der Waals surface area contributed by atoms with Crippen LogP contribution in [0.25, 0.3) is 0 Å². The van der Waals surface area contributed by atoms with Crippen LogP contribution in [0.15, 0.2) is 0 Å². The Balaban J connectivity index is 2.07. The second kappa shape index (κ2) is 6.41. The van der Waals surface area contributed by atoms with Crippen LogP contribution in [0.5, 0.6) is 0 Å². The highest BCUT2D eigenvalue weighted by molar-refractivity contribution is 4.94. The predicted molar refractivity (Wildman–Crippen MR) is 89.7 cm³/mol. The second-order valence-electron chi connectivity index (χ2n) is 9.17. The van der Waals surface area contributed by atoms with E-state index in [4.69, 9.17) is 0 Å². The van der Waals surface area contributed by atoms with Gasteiger partial charge < -0.3 is 0 Å². The molecular formula is C20H38. The standard InChI is InChI=1S/C20H38/c1-14(2)17-9-11-20(6,12-10-17)19-13-16(5)7-8-18(19)15(3)4/h14-19H,7-13H2,1-6H3. The third kappa shape index (κ3) is 3.42. The first-order valence-corrected chi connectivity index (χ1v) is 9.33. The molecule has 2 saturated carbocycles. The predicted octanol–water partition coefficient (Wildman–Crippen LogP) is 6.55. The SMILES string of the molecule is CC1CCC(C(C)C)C(C2(C)CCC(C(C)C)CC2)C1. The minimum Gasteiger partial charge on any atom is -0.0625 e. The lowest BCUT2D eigenvalue weighted by atomic mass is 9.54. The molecule has 2 aliphatic rings. The molecule has 0 N–H and O–H groups in total. The highest BCUT2D eigenvalue weighted by Crippen LogP contribution is 2.54. The number of rotatable bonds is 3. The van der Waals surface area contributed by atoms with Crippen molar-refractivity contribution in [2.24, 2.45) is 40.9 Å². The van der Waals surface area contributed by atoms with Crippen LogP contribution in [0.4, 0.5) is 0 Å². The highest BCUT2D eigenvalue weighted by Gasteiger charge is 2.44. The molecule has 0 amide bonds. The molecular weight excluding hydrogens is 240 g/mol. The Kier molecular flexibility index (Phi) is 5.24. The topological polar surface area (TPSA) is 0 Å². The summed E-state index contributed by atoms with van der Waals surface area (Å²) in [4.78, 5) is 0. The van der Waals surface area contributed by atoms with Crippen LogP contribution in [-0.2, 0) is 0 Å². The molecule has 0 saturated heterocycles. The molecule has 0 heteroatoms. The van der Waals surface area contributed by atoms with Crippen molar-refractivity contribution >= 4 is 0 Å². The summed E-state index contributed by atoms with van der Waals surface area (Å²) >= 11 is 0. The number of hydrogen-bond acceptors (Lipinski definition) is 0. The maximum atomic E-state index is 2.64. The molecule has 3 unspecified atom stereocenters. The summed E-state index contributed by atoms with van der Waals surface area (Å²) in [6.07, 6.45) is 10.4. The zero-order valence-electron chi connectivity index (χ0n) is 14.9. The summed E-state index contributed by atoms with van der Waals surface area (Å²) in [5.74, 6) is 5.74. The number of hydrogen-bond donors (Lipinski definition) is 0. The van der Waals surface area contributed by atoms with Crippen molar-refractivity contribution in [3.05, 3.63) is 0 Å². The molecule has 3 atom stereocenters. The van der Waals surface area contributed by atoms with E-state index in [1.807, 2.05) is 0 Å². The van der Waals surface area contributed by atoms with Crippen LogP contribution in [-0.4, -0.2) is 0 Å². The largest absolute Gasteiger partial charge is 0.0625 e. The van der Waals surface area contributed by atoms with Gasteiger partial charge in [-0.15, -0.1) is 0 Å². The Morgan fingerprint density at radius 1 is 0.850 bits per heavy atom. The van der Waals surface area contributed by atoms with Crippen LogP contribution in [0.2, 0.25) is 0 Å². The minimum atomic E-state index is 0.648. The van der Waals surface area contributed by atoms with E-state index in [2.05, 4.69) is 41.5 Å². The lowest BCUT2D eigenvalue weighted by Crippen LogP contribution is -2.42. The summed E-state index contributed by atoms with van der Waals surface area (Å²) in [7, 11) is 0. The zero-order chi connectivity index (χ0) is 14.9. The van der Waals surface area contributed by atoms with E-state index in [9.17, 15) is 0 Å². The molecule has 0 nitrogen and oxygen atoms in total. The molecule has 0 aromatic carbocycles. The molecule has 0 spiro atoms. The van der Waals surface area contributed by atoms with E-state index in [0.717, 1.165) is 35.5 Å². The van der Waals surface area contributed by atoms with Crippen molar-refractivity contribution in [1.29, 1.82) is 0 Å². The summed E-state index contributed by atoms with van der Waals surface area (Å²) < 4.78 is 0. The van der Waals surface area contributed by atoms with Crippen molar-refractivity contribution in [3.8, 4) is 0 Å². The van der Waals surface area contributed by atoms with Gasteiger partial charge in [0, 0.05) is 0 Å². The van der Waals surface area contributed by atoms with E-state index in [1.54, 1.807) is 0 Å². The third-order valence-corrected chi connectivity index (χ3v) is 7.03. The van der Waals surface area contributed by atoms with Crippen molar-refractivity contribution in [2.45, 2.75) is 86.5 Å². The molecule has 0 aliphatic heterocycles. The molecule has 2 fully saturated rings. The summed E-state index contributed by atoms with van der Waals surface area (Å²) in [6.45, 7) is 14.9. The fraction of sp³-hybridized carbons (Fsp3) is 1.00. The first-order valence-electron chi connectivity index (χ1n) is 9.33. The highest BCUT2D eigenvalue weighted by atomic mass is 14.5. The van der Waals surface area contributed by atoms with Gasteiger partial charge >= 0.3 is 0 Å². The van der Waals surface area contributed by atoms with Gasteiger partial charge in [0.15, 0.2) is 0 Å². The monoisotopic (exact) mass is 278 g/mol. The zero-order valence-corrected chi connectivity index (χ0v) is 14.9. The van der Waals surface area contributed by atoms with Gasteiger partial charge in [-0.25, -0.2) is 0 Å². The van der Waals surface area contributed by atoms with E-state index in [1.165, 1.54) is 44.9 Å². The van der Waals surface area contributed by atoms with E-state index < -0.39 is 0 Å². The average Bonchev–Trinajstić information content (AvgIpc) is 2.38. The van der Waals surface area contributed by atoms with Gasteiger partial charge in [-0.1, -0.05) is 48.0 Å². The fourth-order valence-electron chi connectivity index (χ4n) is 5.34. The van der Waals surface area contributed by atoms with Crippen LogP contribution < -0.4 is 0 Å². The van der Waals surface area contributed by atoms with Gasteiger partial charge in [0.05, 0.1) is 0 Å². The third-order valence-electron chi connectivity index (χ3n) is 7.03. The van der Waals surface area contributed by atoms with E-state index in [-0.39, 0.29) is 0 Å². The maximum absolute atomic E-state index is 2.64. The Hall–Kier alpha value is 0. The molecule has 0 bridgehead atoms. The van der Waals surface area contributed by atoms with Crippen molar-refractivity contribution in [1.82, 2.24) is 0 Å². The van der Waals surface area contributed by atoms with Gasteiger partial charge in [0.25, 0.3) is 0 Å². The smallest absolute Gasteiger partial charge is 0.0294 e. The molecule has 2 rings (SSSR count). The first-order chi connectivity index (χ1) is 9.33. The molecule has 2 aliphatic carbocycles. The van der Waals surface area contributed by atoms with Crippen LogP contribution in [0.3, 0.4) is 0 Å². The van der Waals surface area contributed by atoms with Gasteiger partial charge in [-0.05, 0) is 79.4 Å². The Morgan fingerprint density at radius 3 is 1.95 bits per heavy atom. The molecule has 0 heterocycles. The van der Waals surface area contributed by atoms with Crippen LogP contribution in [0, 0.1) is 40.9 Å². The average molecular weight is 279 g/mol. The van der Waals surface area contributed by atoms with Crippen molar-refractivity contribution < 1.29 is 0 Å². The van der Waals surface area contributed by atoms with Gasteiger partial charge in [-0.3, -0.25) is 0 Å². The summed E-state index contributed by atoms with van der Waals surface area (Å²) in [5.41, 5.74) is 0.648. The summed E-state index contributed by atoms with van der Waals surface area (Å²) in [6, 6.07) is 0. The quantitative estimate of drug-likeness (QED) is 0.549. The lowest BCUT2D eigenvalue weighted by molar-refractivity contribution is -0.00889. The lowest BCUT2D eigenvalue weighted by Gasteiger charge is -2.51. The van der Waals surface area contributed by atoms with Gasteiger partial charge in [-0.2, -0.15) is 0 Å². The second-order valence-corrected chi connectivity index (χ2v) is 9.17.